The van der Waals surface area contributed by atoms with Crippen molar-refractivity contribution in [3.8, 4) is 0 Å². The normalized spacial score (nSPS) is 22.8. The molecule has 3 unspecified atom stereocenters. The number of aliphatic hydroxyl groups is 2. The summed E-state index contributed by atoms with van der Waals surface area (Å²) in [5, 5.41) is 20.0. The molecule has 0 bridgehead atoms. The predicted octanol–water partition coefficient (Wildman–Crippen LogP) is 5.47. The number of hydrogen-bond acceptors (Lipinski definition) is 3. The molecule has 32 heavy (non-hydrogen) atoms. The highest BCUT2D eigenvalue weighted by atomic mass is 19.4. The van der Waals surface area contributed by atoms with Crippen LogP contribution in [0.25, 0.3) is 0 Å². The highest BCUT2D eigenvalue weighted by Crippen LogP contribution is 2.42. The second-order valence-corrected chi connectivity index (χ2v) is 7.82. The van der Waals surface area contributed by atoms with Crippen LogP contribution in [0.3, 0.4) is 0 Å². The summed E-state index contributed by atoms with van der Waals surface area (Å²) in [6.45, 7) is -0.716. The van der Waals surface area contributed by atoms with Gasteiger partial charge in [0.15, 0.2) is 0 Å². The molecule has 0 amide bonds. The van der Waals surface area contributed by atoms with Gasteiger partial charge in [-0.2, -0.15) is 26.3 Å². The fraction of sp³-hybridized carbons (Fsp3) is 0.455. The van der Waals surface area contributed by atoms with Crippen molar-refractivity contribution in [2.45, 2.75) is 43.3 Å². The van der Waals surface area contributed by atoms with Gasteiger partial charge in [0, 0.05) is 12.5 Å². The van der Waals surface area contributed by atoms with Gasteiger partial charge in [-0.15, -0.1) is 0 Å². The standard InChI is InChI=1S/C22H21F7O3/c23-17-4-1-12(2-5-17)20-13(10-30)3-6-19(20)32-11-18(31)14-7-15(21(24,25)26)9-16(8-14)22(27,28)29/h1-2,4-5,7-9,13,18-20,30-31H,3,6,10-11H2/t13?,18-,19?,20?/m0/s1. The Labute approximate surface area is 179 Å². The van der Waals surface area contributed by atoms with E-state index in [9.17, 15) is 40.9 Å². The van der Waals surface area contributed by atoms with E-state index in [-0.39, 0.29) is 24.5 Å². The van der Waals surface area contributed by atoms with Gasteiger partial charge in [0.05, 0.1) is 23.8 Å². The predicted molar refractivity (Wildman–Crippen MR) is 100 cm³/mol. The van der Waals surface area contributed by atoms with E-state index in [1.807, 2.05) is 0 Å². The van der Waals surface area contributed by atoms with E-state index in [2.05, 4.69) is 0 Å². The Morgan fingerprint density at radius 1 is 0.906 bits per heavy atom. The minimum atomic E-state index is -5.02. The lowest BCUT2D eigenvalue weighted by molar-refractivity contribution is -0.143. The maximum absolute atomic E-state index is 13.3. The lowest BCUT2D eigenvalue weighted by Gasteiger charge is -2.26. The molecular formula is C22H21F7O3. The second-order valence-electron chi connectivity index (χ2n) is 7.82. The Bertz CT molecular complexity index is 877. The third-order valence-corrected chi connectivity index (χ3v) is 5.68. The molecule has 10 heteroatoms. The summed E-state index contributed by atoms with van der Waals surface area (Å²) in [5.41, 5.74) is -2.93. The average molecular weight is 466 g/mol. The quantitative estimate of drug-likeness (QED) is 0.556. The van der Waals surface area contributed by atoms with E-state index < -0.39 is 53.7 Å². The van der Waals surface area contributed by atoms with E-state index in [1.54, 1.807) is 0 Å². The van der Waals surface area contributed by atoms with Crippen molar-refractivity contribution in [3.05, 3.63) is 70.5 Å². The molecular weight excluding hydrogens is 445 g/mol. The first-order valence-electron chi connectivity index (χ1n) is 9.85. The number of hydrogen-bond donors (Lipinski definition) is 2. The van der Waals surface area contributed by atoms with Gasteiger partial charge in [-0.25, -0.2) is 4.39 Å². The summed E-state index contributed by atoms with van der Waals surface area (Å²) in [7, 11) is 0. The van der Waals surface area contributed by atoms with Crippen LogP contribution in [0.1, 0.15) is 47.1 Å². The van der Waals surface area contributed by atoms with Gasteiger partial charge in [0.1, 0.15) is 11.9 Å². The van der Waals surface area contributed by atoms with E-state index in [4.69, 9.17) is 4.74 Å². The van der Waals surface area contributed by atoms with Crippen LogP contribution in [0, 0.1) is 11.7 Å². The summed E-state index contributed by atoms with van der Waals surface area (Å²) in [6.07, 6.45) is -11.3. The van der Waals surface area contributed by atoms with Crippen LogP contribution in [0.4, 0.5) is 30.7 Å². The zero-order chi connectivity index (χ0) is 23.7. The number of benzene rings is 2. The molecule has 1 saturated carbocycles. The van der Waals surface area contributed by atoms with Crippen LogP contribution in [-0.2, 0) is 17.1 Å². The van der Waals surface area contributed by atoms with Gasteiger partial charge in [-0.1, -0.05) is 12.1 Å². The molecule has 2 N–H and O–H groups in total. The van der Waals surface area contributed by atoms with Crippen LogP contribution in [0.15, 0.2) is 42.5 Å². The van der Waals surface area contributed by atoms with Gasteiger partial charge >= 0.3 is 12.4 Å². The number of alkyl halides is 6. The first-order chi connectivity index (χ1) is 14.9. The molecule has 3 nitrogen and oxygen atoms in total. The van der Waals surface area contributed by atoms with Crippen molar-refractivity contribution in [1.82, 2.24) is 0 Å². The van der Waals surface area contributed by atoms with Crippen LogP contribution < -0.4 is 0 Å². The zero-order valence-electron chi connectivity index (χ0n) is 16.6. The van der Waals surface area contributed by atoms with Gasteiger partial charge in [0.25, 0.3) is 0 Å². The minimum absolute atomic E-state index is 0.00947. The van der Waals surface area contributed by atoms with Gasteiger partial charge in [0.2, 0.25) is 0 Å². The Balaban J connectivity index is 1.79. The molecule has 0 aromatic heterocycles. The molecule has 0 spiro atoms. The molecule has 176 valence electrons. The third kappa shape index (κ3) is 5.60. The SMILES string of the molecule is OCC1CCC(OC[C@H](O)c2cc(C(F)(F)F)cc(C(F)(F)F)c2)C1c1ccc(F)cc1. The van der Waals surface area contributed by atoms with Crippen molar-refractivity contribution in [1.29, 1.82) is 0 Å². The molecule has 0 heterocycles. The second kappa shape index (κ2) is 9.36. The number of aliphatic hydroxyl groups excluding tert-OH is 2. The first-order valence-corrected chi connectivity index (χ1v) is 9.85. The fourth-order valence-corrected chi connectivity index (χ4v) is 4.09. The summed E-state index contributed by atoms with van der Waals surface area (Å²) in [6, 6.07) is 6.47. The van der Waals surface area contributed by atoms with Crippen LogP contribution >= 0.6 is 0 Å². The van der Waals surface area contributed by atoms with Crippen LogP contribution in [0.5, 0.6) is 0 Å². The van der Waals surface area contributed by atoms with Crippen molar-refractivity contribution in [2.75, 3.05) is 13.2 Å². The molecule has 0 aliphatic heterocycles. The summed E-state index contributed by atoms with van der Waals surface area (Å²) < 4.78 is 97.2. The highest BCUT2D eigenvalue weighted by Gasteiger charge is 2.39. The molecule has 1 fully saturated rings. The molecule has 4 atom stereocenters. The van der Waals surface area contributed by atoms with Crippen LogP contribution in [-0.4, -0.2) is 29.5 Å². The van der Waals surface area contributed by atoms with Gasteiger partial charge in [-0.3, -0.25) is 0 Å². The highest BCUT2D eigenvalue weighted by molar-refractivity contribution is 5.35. The van der Waals surface area contributed by atoms with E-state index in [0.29, 0.717) is 30.5 Å². The van der Waals surface area contributed by atoms with Crippen molar-refractivity contribution in [3.63, 3.8) is 0 Å². The molecule has 3 rings (SSSR count). The fourth-order valence-electron chi connectivity index (χ4n) is 4.09. The van der Waals surface area contributed by atoms with E-state index >= 15 is 0 Å². The molecule has 0 saturated heterocycles. The summed E-state index contributed by atoms with van der Waals surface area (Å²) in [4.78, 5) is 0. The maximum Gasteiger partial charge on any atom is 0.416 e. The first kappa shape index (κ1) is 24.5. The Morgan fingerprint density at radius 2 is 1.47 bits per heavy atom. The lowest BCUT2D eigenvalue weighted by atomic mass is 9.88. The topological polar surface area (TPSA) is 49.7 Å². The number of ether oxygens (including phenoxy) is 1. The third-order valence-electron chi connectivity index (χ3n) is 5.68. The zero-order valence-corrected chi connectivity index (χ0v) is 16.6. The Kier molecular flexibility index (Phi) is 7.16. The molecule has 0 radical (unpaired) electrons. The van der Waals surface area contributed by atoms with E-state index in [0.717, 1.165) is 0 Å². The molecule has 1 aliphatic rings. The van der Waals surface area contributed by atoms with Crippen LogP contribution in [0.2, 0.25) is 0 Å². The monoisotopic (exact) mass is 466 g/mol. The Morgan fingerprint density at radius 3 is 1.97 bits per heavy atom. The number of halogens is 7. The van der Waals surface area contributed by atoms with E-state index in [1.165, 1.54) is 24.3 Å². The Hall–Kier alpha value is -2.17. The smallest absolute Gasteiger partial charge is 0.396 e. The maximum atomic E-state index is 13.3. The average Bonchev–Trinajstić information content (AvgIpc) is 3.14. The summed E-state index contributed by atoms with van der Waals surface area (Å²) >= 11 is 0. The van der Waals surface area contributed by atoms with Gasteiger partial charge in [-0.05, 0) is 60.2 Å². The summed E-state index contributed by atoms with van der Waals surface area (Å²) in [5.74, 6) is -1.03. The van der Waals surface area contributed by atoms with Gasteiger partial charge < -0.3 is 14.9 Å². The molecule has 2 aromatic carbocycles. The minimum Gasteiger partial charge on any atom is -0.396 e. The van der Waals surface area contributed by atoms with Crippen molar-refractivity contribution in [2.24, 2.45) is 5.92 Å². The van der Waals surface area contributed by atoms with Crippen molar-refractivity contribution >= 4 is 0 Å². The molecule has 2 aromatic rings. The van der Waals surface area contributed by atoms with Crippen molar-refractivity contribution < 1.29 is 45.7 Å². The largest absolute Gasteiger partial charge is 0.416 e. The number of rotatable bonds is 6. The lowest BCUT2D eigenvalue weighted by Crippen LogP contribution is -2.24. The molecule has 1 aliphatic carbocycles.